The Morgan fingerprint density at radius 3 is 2.45 bits per heavy atom. The molecule has 1 aromatic heterocycles. The second kappa shape index (κ2) is 10.0. The molecule has 1 saturated heterocycles. The molecular weight excluding hydrogens is 390 g/mol. The highest BCUT2D eigenvalue weighted by Gasteiger charge is 2.29. The number of nitrogens with zero attached hydrogens (tertiary/aromatic N) is 4. The van der Waals surface area contributed by atoms with Gasteiger partial charge >= 0.3 is 0 Å². The molecule has 4 rings (SSSR count). The number of nitrogens with one attached hydrogen (secondary N) is 1. The van der Waals surface area contributed by atoms with Crippen LogP contribution < -0.4 is 5.32 Å². The summed E-state index contributed by atoms with van der Waals surface area (Å²) in [7, 11) is 0. The Kier molecular flexibility index (Phi) is 6.72. The van der Waals surface area contributed by atoms with E-state index in [2.05, 4.69) is 27.8 Å². The van der Waals surface area contributed by atoms with E-state index in [9.17, 15) is 9.59 Å². The van der Waals surface area contributed by atoms with Crippen LogP contribution in [0.2, 0.25) is 0 Å². The second-order valence-electron chi connectivity index (χ2n) is 7.86. The molecule has 3 aromatic rings. The van der Waals surface area contributed by atoms with E-state index in [0.717, 1.165) is 31.4 Å². The summed E-state index contributed by atoms with van der Waals surface area (Å²) >= 11 is 0. The maximum absolute atomic E-state index is 12.8. The number of carbonyl (C=O) groups excluding carboxylic acids is 2. The molecule has 7 heteroatoms. The number of hydrogen-bond donors (Lipinski definition) is 1. The van der Waals surface area contributed by atoms with Crippen molar-refractivity contribution in [2.24, 2.45) is 0 Å². The topological polar surface area (TPSA) is 80.1 Å². The Hall–Kier alpha value is -3.48. The molecule has 2 heterocycles. The number of benzene rings is 2. The Morgan fingerprint density at radius 1 is 1.00 bits per heavy atom. The lowest BCUT2D eigenvalue weighted by Crippen LogP contribution is -2.38. The molecule has 2 amide bonds. The van der Waals surface area contributed by atoms with Gasteiger partial charge in [0.2, 0.25) is 5.91 Å². The third-order valence-electron chi connectivity index (χ3n) is 5.63. The highest BCUT2D eigenvalue weighted by Crippen LogP contribution is 2.20. The first-order valence-electron chi connectivity index (χ1n) is 10.7. The van der Waals surface area contributed by atoms with Crippen LogP contribution in [-0.2, 0) is 24.3 Å². The van der Waals surface area contributed by atoms with Gasteiger partial charge < -0.3 is 10.2 Å². The van der Waals surface area contributed by atoms with Crippen molar-refractivity contribution < 1.29 is 9.59 Å². The number of aromatic nitrogens is 3. The minimum atomic E-state index is -0.252. The molecule has 1 aliphatic heterocycles. The van der Waals surface area contributed by atoms with Gasteiger partial charge in [-0.3, -0.25) is 9.59 Å². The van der Waals surface area contributed by atoms with Crippen molar-refractivity contribution in [1.82, 2.24) is 25.2 Å². The largest absolute Gasteiger partial charge is 0.347 e. The number of hydrogen-bond acceptors (Lipinski definition) is 4. The molecule has 0 unspecified atom stereocenters. The van der Waals surface area contributed by atoms with Crippen LogP contribution >= 0.6 is 0 Å². The molecule has 0 radical (unpaired) electrons. The summed E-state index contributed by atoms with van der Waals surface area (Å²) in [5.41, 5.74) is 2.49. The molecule has 1 N–H and O–H groups in total. The lowest BCUT2D eigenvalue weighted by atomic mass is 10.1. The van der Waals surface area contributed by atoms with E-state index in [1.54, 1.807) is 10.9 Å². The Bertz CT molecular complexity index is 1000. The number of rotatable bonds is 8. The highest BCUT2D eigenvalue weighted by atomic mass is 16.2. The predicted molar refractivity (Wildman–Crippen MR) is 117 cm³/mol. The molecular formula is C24H27N5O2. The van der Waals surface area contributed by atoms with Gasteiger partial charge in [-0.25, -0.2) is 4.68 Å². The van der Waals surface area contributed by atoms with Crippen LogP contribution in [0.25, 0.3) is 0 Å². The fourth-order valence-electron chi connectivity index (χ4n) is 3.97. The smallest absolute Gasteiger partial charge is 0.273 e. The molecule has 160 valence electrons. The van der Waals surface area contributed by atoms with Crippen molar-refractivity contribution >= 4 is 11.8 Å². The van der Waals surface area contributed by atoms with Crippen LogP contribution in [0.5, 0.6) is 0 Å². The van der Waals surface area contributed by atoms with Crippen LogP contribution in [-0.4, -0.2) is 44.3 Å². The van der Waals surface area contributed by atoms with Crippen molar-refractivity contribution in [2.45, 2.75) is 44.8 Å². The van der Waals surface area contributed by atoms with Gasteiger partial charge in [0.1, 0.15) is 0 Å². The molecule has 2 aromatic carbocycles. The van der Waals surface area contributed by atoms with Crippen LogP contribution in [0, 0.1) is 0 Å². The summed E-state index contributed by atoms with van der Waals surface area (Å²) in [5, 5.41) is 11.0. The second-order valence-corrected chi connectivity index (χ2v) is 7.86. The van der Waals surface area contributed by atoms with Crippen LogP contribution in [0.1, 0.15) is 40.9 Å². The van der Waals surface area contributed by atoms with Gasteiger partial charge in [0.05, 0.1) is 18.8 Å². The minimum absolute atomic E-state index is 0.0882. The Morgan fingerprint density at radius 2 is 1.71 bits per heavy atom. The van der Waals surface area contributed by atoms with Gasteiger partial charge in [-0.2, -0.15) is 0 Å². The van der Waals surface area contributed by atoms with Gasteiger partial charge in [-0.15, -0.1) is 5.10 Å². The van der Waals surface area contributed by atoms with Gasteiger partial charge in [0.15, 0.2) is 5.69 Å². The Balaban J connectivity index is 1.29. The molecule has 1 fully saturated rings. The maximum atomic E-state index is 12.8. The molecule has 7 nitrogen and oxygen atoms in total. The van der Waals surface area contributed by atoms with Gasteiger partial charge in [0, 0.05) is 19.5 Å². The summed E-state index contributed by atoms with van der Waals surface area (Å²) in [6.45, 7) is 1.77. The van der Waals surface area contributed by atoms with Crippen LogP contribution in [0.3, 0.4) is 0 Å². The minimum Gasteiger partial charge on any atom is -0.347 e. The number of likely N-dealkylation sites (tertiary alicyclic amines) is 1. The average molecular weight is 418 g/mol. The zero-order valence-electron chi connectivity index (χ0n) is 17.5. The summed E-state index contributed by atoms with van der Waals surface area (Å²) in [6, 6.07) is 19.9. The summed E-state index contributed by atoms with van der Waals surface area (Å²) < 4.78 is 1.67. The zero-order valence-corrected chi connectivity index (χ0v) is 17.5. The van der Waals surface area contributed by atoms with Crippen LogP contribution in [0.15, 0.2) is 66.9 Å². The van der Waals surface area contributed by atoms with E-state index in [1.165, 1.54) is 5.56 Å². The summed E-state index contributed by atoms with van der Waals surface area (Å²) in [4.78, 5) is 27.1. The van der Waals surface area contributed by atoms with E-state index in [-0.39, 0.29) is 23.6 Å². The van der Waals surface area contributed by atoms with E-state index in [4.69, 9.17) is 0 Å². The quantitative estimate of drug-likeness (QED) is 0.611. The number of aryl methyl sites for hydroxylation is 1. The fourth-order valence-corrected chi connectivity index (χ4v) is 3.97. The van der Waals surface area contributed by atoms with Gasteiger partial charge in [-0.05, 0) is 30.4 Å². The predicted octanol–water partition coefficient (Wildman–Crippen LogP) is 2.83. The fraction of sp³-hybridized carbons (Fsp3) is 0.333. The van der Waals surface area contributed by atoms with Crippen molar-refractivity contribution in [1.29, 1.82) is 0 Å². The zero-order chi connectivity index (χ0) is 21.5. The summed E-state index contributed by atoms with van der Waals surface area (Å²) in [5.74, 6) is -0.0791. The molecule has 0 bridgehead atoms. The first-order valence-corrected chi connectivity index (χ1v) is 10.7. The molecule has 31 heavy (non-hydrogen) atoms. The number of carbonyl (C=O) groups is 2. The summed E-state index contributed by atoms with van der Waals surface area (Å²) in [6.07, 6.45) is 4.83. The highest BCUT2D eigenvalue weighted by molar-refractivity contribution is 5.91. The molecule has 0 aliphatic carbocycles. The molecule has 1 atom stereocenters. The van der Waals surface area contributed by atoms with E-state index in [0.29, 0.717) is 19.5 Å². The van der Waals surface area contributed by atoms with Crippen molar-refractivity contribution in [3.63, 3.8) is 0 Å². The maximum Gasteiger partial charge on any atom is 0.273 e. The van der Waals surface area contributed by atoms with E-state index >= 15 is 0 Å². The van der Waals surface area contributed by atoms with Crippen LogP contribution in [0.4, 0.5) is 0 Å². The van der Waals surface area contributed by atoms with Gasteiger partial charge in [0.25, 0.3) is 5.91 Å². The first kappa shape index (κ1) is 20.8. The lowest BCUT2D eigenvalue weighted by molar-refractivity contribution is -0.132. The molecule has 0 spiro atoms. The van der Waals surface area contributed by atoms with E-state index < -0.39 is 0 Å². The first-order chi connectivity index (χ1) is 15.2. The monoisotopic (exact) mass is 417 g/mol. The molecule has 1 aliphatic rings. The molecule has 0 saturated carbocycles. The SMILES string of the molecule is O=C(NCc1ccccc1)c1cn(C[C@@H]2CCCN2C(=O)CCc2ccccc2)nn1. The van der Waals surface area contributed by atoms with Gasteiger partial charge in [-0.1, -0.05) is 65.9 Å². The third kappa shape index (κ3) is 5.57. The van der Waals surface area contributed by atoms with Crippen molar-refractivity contribution in [3.8, 4) is 0 Å². The Labute approximate surface area is 182 Å². The normalized spacial score (nSPS) is 15.7. The van der Waals surface area contributed by atoms with E-state index in [1.807, 2.05) is 53.4 Å². The standard InChI is InChI=1S/C24H27N5O2/c30-23(14-13-19-8-3-1-4-9-19)29-15-7-12-21(29)17-28-18-22(26-27-28)24(31)25-16-20-10-5-2-6-11-20/h1-6,8-11,18,21H,7,12-17H2,(H,25,31)/t21-/m0/s1. The van der Waals surface area contributed by atoms with Crippen molar-refractivity contribution in [3.05, 3.63) is 83.7 Å². The van der Waals surface area contributed by atoms with Crippen molar-refractivity contribution in [2.75, 3.05) is 6.54 Å². The average Bonchev–Trinajstić information content (AvgIpc) is 3.47. The third-order valence-corrected chi connectivity index (χ3v) is 5.63. The lowest BCUT2D eigenvalue weighted by Gasteiger charge is -2.24. The number of amides is 2.